The summed E-state index contributed by atoms with van der Waals surface area (Å²) in [5, 5.41) is 20.1. The van der Waals surface area contributed by atoms with Gasteiger partial charge in [0, 0.05) is 31.8 Å². The maximum Gasteiger partial charge on any atom is 0.246 e. The molecule has 0 saturated carbocycles. The summed E-state index contributed by atoms with van der Waals surface area (Å²) in [6, 6.07) is 3.96. The zero-order valence-corrected chi connectivity index (χ0v) is 17.4. The minimum Gasteiger partial charge on any atom is -0.353 e. The smallest absolute Gasteiger partial charge is 0.246 e. The van der Waals surface area contributed by atoms with E-state index in [4.69, 9.17) is 10.5 Å². The van der Waals surface area contributed by atoms with E-state index in [1.54, 1.807) is 0 Å². The van der Waals surface area contributed by atoms with E-state index in [1.165, 1.54) is 68.4 Å². The van der Waals surface area contributed by atoms with Crippen molar-refractivity contribution in [2.45, 2.75) is 84.0 Å². The third kappa shape index (κ3) is 15.9. The first-order valence-corrected chi connectivity index (χ1v) is 10.6. The van der Waals surface area contributed by atoms with Gasteiger partial charge in [0.15, 0.2) is 0 Å². The average Bonchev–Trinajstić information content (AvgIpc) is 2.70. The van der Waals surface area contributed by atoms with E-state index in [-0.39, 0.29) is 37.7 Å². The van der Waals surface area contributed by atoms with Crippen molar-refractivity contribution in [1.82, 2.24) is 10.2 Å². The number of nitrogens with one attached hydrogen (secondary N) is 1. The van der Waals surface area contributed by atoms with E-state index < -0.39 is 0 Å². The Morgan fingerprint density at radius 3 is 1.82 bits per heavy atom. The lowest BCUT2D eigenvalue weighted by molar-refractivity contribution is -0.126. The van der Waals surface area contributed by atoms with Crippen LogP contribution in [0.4, 0.5) is 0 Å². The Hall–Kier alpha value is -2.34. The van der Waals surface area contributed by atoms with Crippen LogP contribution in [0.1, 0.15) is 84.0 Å². The highest BCUT2D eigenvalue weighted by molar-refractivity contribution is 5.96. The fraction of sp³-hybridized carbons (Fsp3) is 0.727. The second-order valence-corrected chi connectivity index (χ2v) is 6.95. The number of hydrogen-bond acceptors (Lipinski definition) is 4. The third-order valence-corrected chi connectivity index (χ3v) is 4.51. The molecular weight excluding hydrogens is 352 g/mol. The molecular formula is C22H36N4O2. The van der Waals surface area contributed by atoms with Gasteiger partial charge in [-0.15, -0.1) is 0 Å². The van der Waals surface area contributed by atoms with Gasteiger partial charge in [-0.2, -0.15) is 10.5 Å². The summed E-state index contributed by atoms with van der Waals surface area (Å²) in [7, 11) is 0. The molecule has 0 aliphatic rings. The molecule has 0 radical (unpaired) electrons. The standard InChI is InChI=1S/C22H36N4O2/c1-2-3-4-5-6-7-8-9-10-11-18-25-21(27)14-15-22(28)26(19-12-16-23)20-13-17-24/h14-15H,2-13,18-20H2,1H3,(H,25,27). The molecule has 0 aliphatic carbocycles. The highest BCUT2D eigenvalue weighted by atomic mass is 16.2. The topological polar surface area (TPSA) is 97.0 Å². The summed E-state index contributed by atoms with van der Waals surface area (Å²) in [5.41, 5.74) is 0. The number of rotatable bonds is 17. The van der Waals surface area contributed by atoms with Gasteiger partial charge in [-0.1, -0.05) is 64.7 Å². The Kier molecular flexibility index (Phi) is 17.8. The molecule has 0 spiro atoms. The fourth-order valence-electron chi connectivity index (χ4n) is 2.84. The molecule has 156 valence electrons. The average molecular weight is 389 g/mol. The summed E-state index contributed by atoms with van der Waals surface area (Å²) < 4.78 is 0. The van der Waals surface area contributed by atoms with Crippen LogP contribution >= 0.6 is 0 Å². The highest BCUT2D eigenvalue weighted by Gasteiger charge is 2.10. The van der Waals surface area contributed by atoms with Crippen molar-refractivity contribution >= 4 is 11.8 Å². The van der Waals surface area contributed by atoms with E-state index in [2.05, 4.69) is 12.2 Å². The summed E-state index contributed by atoms with van der Waals surface area (Å²) in [4.78, 5) is 25.3. The van der Waals surface area contributed by atoms with Gasteiger partial charge in [0.05, 0.1) is 25.0 Å². The van der Waals surface area contributed by atoms with Crippen molar-refractivity contribution in [3.05, 3.63) is 12.2 Å². The zero-order chi connectivity index (χ0) is 20.9. The Balaban J connectivity index is 3.82. The quantitative estimate of drug-likeness (QED) is 0.298. The van der Waals surface area contributed by atoms with Crippen LogP contribution in [-0.4, -0.2) is 36.3 Å². The number of nitrogens with zero attached hydrogens (tertiary/aromatic N) is 3. The van der Waals surface area contributed by atoms with Gasteiger partial charge in [0.2, 0.25) is 11.8 Å². The molecule has 0 bridgehead atoms. The van der Waals surface area contributed by atoms with Crippen molar-refractivity contribution in [3.63, 3.8) is 0 Å². The molecule has 0 rings (SSSR count). The fourth-order valence-corrected chi connectivity index (χ4v) is 2.84. The molecule has 0 aliphatic heterocycles. The summed E-state index contributed by atoms with van der Waals surface area (Å²) in [5.74, 6) is -0.635. The Bertz CT molecular complexity index is 514. The molecule has 0 heterocycles. The molecule has 6 nitrogen and oxygen atoms in total. The van der Waals surface area contributed by atoms with E-state index in [0.717, 1.165) is 12.8 Å². The largest absolute Gasteiger partial charge is 0.353 e. The van der Waals surface area contributed by atoms with Crippen LogP contribution in [0.3, 0.4) is 0 Å². The number of nitriles is 2. The summed E-state index contributed by atoms with van der Waals surface area (Å²) in [6.45, 7) is 3.37. The van der Waals surface area contributed by atoms with Crippen molar-refractivity contribution in [1.29, 1.82) is 10.5 Å². The Labute approximate surface area is 170 Å². The maximum absolute atomic E-state index is 12.1. The third-order valence-electron chi connectivity index (χ3n) is 4.51. The van der Waals surface area contributed by atoms with Crippen LogP contribution < -0.4 is 5.32 Å². The molecule has 0 fully saturated rings. The minimum atomic E-state index is -0.348. The van der Waals surface area contributed by atoms with Crippen LogP contribution in [0, 0.1) is 22.7 Å². The van der Waals surface area contributed by atoms with Crippen LogP contribution in [0.15, 0.2) is 12.2 Å². The lowest BCUT2D eigenvalue weighted by atomic mass is 10.1. The molecule has 2 amide bonds. The SMILES string of the molecule is CCCCCCCCCCCCNC(=O)C=CC(=O)N(CCC#N)CCC#N. The molecule has 28 heavy (non-hydrogen) atoms. The predicted octanol–water partition coefficient (Wildman–Crippen LogP) is 4.24. The number of amides is 2. The van der Waals surface area contributed by atoms with Gasteiger partial charge >= 0.3 is 0 Å². The van der Waals surface area contributed by atoms with Crippen molar-refractivity contribution in [3.8, 4) is 12.1 Å². The molecule has 0 saturated heterocycles. The van der Waals surface area contributed by atoms with Crippen molar-refractivity contribution in [2.24, 2.45) is 0 Å². The highest BCUT2D eigenvalue weighted by Crippen LogP contribution is 2.10. The van der Waals surface area contributed by atoms with Gasteiger partial charge in [-0.05, 0) is 6.42 Å². The van der Waals surface area contributed by atoms with Crippen LogP contribution in [0.2, 0.25) is 0 Å². The number of unbranched alkanes of at least 4 members (excludes halogenated alkanes) is 9. The summed E-state index contributed by atoms with van der Waals surface area (Å²) in [6.07, 6.45) is 15.3. The summed E-state index contributed by atoms with van der Waals surface area (Å²) >= 11 is 0. The Morgan fingerprint density at radius 2 is 1.32 bits per heavy atom. The number of carbonyl (C=O) groups is 2. The van der Waals surface area contributed by atoms with Crippen LogP contribution in [-0.2, 0) is 9.59 Å². The Morgan fingerprint density at radius 1 is 0.821 bits per heavy atom. The molecule has 0 aromatic rings. The van der Waals surface area contributed by atoms with Gasteiger partial charge in [0.25, 0.3) is 0 Å². The maximum atomic E-state index is 12.1. The van der Waals surface area contributed by atoms with Gasteiger partial charge in [-0.25, -0.2) is 0 Å². The molecule has 0 atom stereocenters. The van der Waals surface area contributed by atoms with E-state index >= 15 is 0 Å². The first-order valence-electron chi connectivity index (χ1n) is 10.6. The van der Waals surface area contributed by atoms with Gasteiger partial charge in [0.1, 0.15) is 0 Å². The first-order chi connectivity index (χ1) is 13.7. The van der Waals surface area contributed by atoms with Crippen molar-refractivity contribution < 1.29 is 9.59 Å². The van der Waals surface area contributed by atoms with Crippen molar-refractivity contribution in [2.75, 3.05) is 19.6 Å². The van der Waals surface area contributed by atoms with Gasteiger partial charge < -0.3 is 10.2 Å². The predicted molar refractivity (Wildman–Crippen MR) is 111 cm³/mol. The van der Waals surface area contributed by atoms with Gasteiger partial charge in [-0.3, -0.25) is 9.59 Å². The van der Waals surface area contributed by atoms with E-state index in [0.29, 0.717) is 6.54 Å². The van der Waals surface area contributed by atoms with Crippen LogP contribution in [0.5, 0.6) is 0 Å². The number of hydrogen-bond donors (Lipinski definition) is 1. The second-order valence-electron chi connectivity index (χ2n) is 6.95. The molecule has 1 N–H and O–H groups in total. The molecule has 0 aromatic carbocycles. The van der Waals surface area contributed by atoms with E-state index in [9.17, 15) is 9.59 Å². The monoisotopic (exact) mass is 388 g/mol. The second kappa shape index (κ2) is 19.4. The van der Waals surface area contributed by atoms with E-state index in [1.807, 2.05) is 12.1 Å². The lowest BCUT2D eigenvalue weighted by Gasteiger charge is -2.18. The molecule has 0 unspecified atom stereocenters. The zero-order valence-electron chi connectivity index (χ0n) is 17.4. The van der Waals surface area contributed by atoms with Crippen LogP contribution in [0.25, 0.3) is 0 Å². The first kappa shape index (κ1) is 25.7. The minimum absolute atomic E-state index is 0.204. The number of carbonyl (C=O) groups excluding carboxylic acids is 2. The lowest BCUT2D eigenvalue weighted by Crippen LogP contribution is -2.32. The molecule has 0 aromatic heterocycles. The normalized spacial score (nSPS) is 10.4. The molecule has 6 heteroatoms.